The predicted molar refractivity (Wildman–Crippen MR) is 177 cm³/mol. The van der Waals surface area contributed by atoms with E-state index in [9.17, 15) is 13.6 Å². The lowest BCUT2D eigenvalue weighted by atomic mass is 9.69. The zero-order valence-corrected chi connectivity index (χ0v) is 28.3. The third-order valence-electron chi connectivity index (χ3n) is 10.5. The molecule has 2 saturated carbocycles. The van der Waals surface area contributed by atoms with Crippen molar-refractivity contribution < 1.29 is 42.4 Å². The molecule has 1 aromatic carbocycles. The van der Waals surface area contributed by atoms with E-state index < -0.39 is 17.6 Å². The van der Waals surface area contributed by atoms with Crippen LogP contribution in [0, 0.1) is 41.2 Å². The van der Waals surface area contributed by atoms with E-state index in [1.807, 2.05) is 0 Å². The fraction of sp³-hybridized carbons (Fsp3) is 0.763. The molecule has 7 nitrogen and oxygen atoms in total. The highest BCUT2D eigenvalue weighted by atomic mass is 19.2. The number of carbonyl (C=O) groups excluding carboxylic acids is 1. The van der Waals surface area contributed by atoms with Gasteiger partial charge in [0.25, 0.3) is 0 Å². The number of benzene rings is 1. The maximum absolute atomic E-state index is 14.7. The predicted octanol–water partition coefficient (Wildman–Crippen LogP) is 8.56. The van der Waals surface area contributed by atoms with Crippen LogP contribution in [0.25, 0.3) is 0 Å². The summed E-state index contributed by atoms with van der Waals surface area (Å²) in [7, 11) is 0. The Hall–Kier alpha value is -2.23. The Morgan fingerprint density at radius 2 is 1.30 bits per heavy atom. The number of ether oxygens (including phenoxy) is 5. The van der Waals surface area contributed by atoms with E-state index in [-0.39, 0.29) is 24.4 Å². The second-order valence-corrected chi connectivity index (χ2v) is 13.9. The molecular weight excluding hydrogens is 606 g/mol. The van der Waals surface area contributed by atoms with Crippen LogP contribution in [0.1, 0.15) is 109 Å². The number of hydrogen-bond donors (Lipinski definition) is 1. The zero-order valence-electron chi connectivity index (χ0n) is 28.3. The van der Waals surface area contributed by atoms with Crippen molar-refractivity contribution in [2.24, 2.45) is 29.6 Å². The van der Waals surface area contributed by atoms with Gasteiger partial charge in [-0.05, 0) is 120 Å². The van der Waals surface area contributed by atoms with E-state index in [1.165, 1.54) is 63.5 Å². The summed E-state index contributed by atoms with van der Waals surface area (Å²) >= 11 is 0. The van der Waals surface area contributed by atoms with E-state index in [0.29, 0.717) is 44.0 Å². The van der Waals surface area contributed by atoms with Gasteiger partial charge in [0, 0.05) is 24.5 Å². The summed E-state index contributed by atoms with van der Waals surface area (Å²) < 4.78 is 58.0. The lowest BCUT2D eigenvalue weighted by Crippen LogP contribution is -2.39. The van der Waals surface area contributed by atoms with Crippen LogP contribution in [0.2, 0.25) is 0 Å². The van der Waals surface area contributed by atoms with E-state index in [0.717, 1.165) is 82.5 Å². The lowest BCUT2D eigenvalue weighted by molar-refractivity contribution is -0.230. The second kappa shape index (κ2) is 21.0. The van der Waals surface area contributed by atoms with Crippen LogP contribution < -0.4 is 9.47 Å². The minimum atomic E-state index is -1.01. The van der Waals surface area contributed by atoms with Crippen molar-refractivity contribution in [2.45, 2.75) is 115 Å². The van der Waals surface area contributed by atoms with Gasteiger partial charge in [-0.2, -0.15) is 8.78 Å². The number of hydrogen-bond acceptors (Lipinski definition) is 7. The highest BCUT2D eigenvalue weighted by molar-refractivity contribution is 5.81. The van der Waals surface area contributed by atoms with Gasteiger partial charge in [-0.25, -0.2) is 4.79 Å². The number of halogens is 2. The minimum absolute atomic E-state index is 0.0430. The van der Waals surface area contributed by atoms with Gasteiger partial charge in [-0.1, -0.05) is 25.8 Å². The van der Waals surface area contributed by atoms with E-state index in [4.69, 9.17) is 28.8 Å². The Kier molecular flexibility index (Phi) is 16.8. The molecule has 3 aliphatic rings. The van der Waals surface area contributed by atoms with Crippen molar-refractivity contribution in [2.75, 3.05) is 39.6 Å². The molecular formula is C38H58F2O7. The highest BCUT2D eigenvalue weighted by Gasteiger charge is 2.36. The van der Waals surface area contributed by atoms with Crippen LogP contribution in [0.4, 0.5) is 8.78 Å². The van der Waals surface area contributed by atoms with Gasteiger partial charge in [-0.15, -0.1) is 0 Å². The monoisotopic (exact) mass is 664 g/mol. The van der Waals surface area contributed by atoms with E-state index >= 15 is 0 Å². The first-order valence-electron chi connectivity index (χ1n) is 18.3. The van der Waals surface area contributed by atoms with Gasteiger partial charge in [-0.3, -0.25) is 0 Å². The van der Waals surface area contributed by atoms with Crippen molar-refractivity contribution in [3.63, 3.8) is 0 Å². The molecule has 1 aliphatic heterocycles. The molecule has 0 unspecified atom stereocenters. The number of rotatable bonds is 20. The Morgan fingerprint density at radius 3 is 1.94 bits per heavy atom. The molecule has 1 aromatic rings. The quantitative estimate of drug-likeness (QED) is 0.0850. The lowest BCUT2D eigenvalue weighted by Gasteiger charge is -2.41. The van der Waals surface area contributed by atoms with Crippen LogP contribution in [0.15, 0.2) is 24.8 Å². The van der Waals surface area contributed by atoms with Gasteiger partial charge in [0.1, 0.15) is 0 Å². The Labute approximate surface area is 280 Å². The first kappa shape index (κ1) is 37.6. The van der Waals surface area contributed by atoms with Crippen molar-refractivity contribution in [1.29, 1.82) is 0 Å². The summed E-state index contributed by atoms with van der Waals surface area (Å²) in [5.74, 6) is 0.260. The topological polar surface area (TPSA) is 83.5 Å². The molecule has 0 atom stereocenters. The van der Waals surface area contributed by atoms with Gasteiger partial charge >= 0.3 is 5.97 Å². The molecule has 0 aromatic heterocycles. The molecule has 0 amide bonds. The maximum Gasteiger partial charge on any atom is 0.330 e. The van der Waals surface area contributed by atoms with Crippen molar-refractivity contribution >= 4 is 5.97 Å². The number of aliphatic hydroxyl groups excluding tert-OH is 1. The Bertz CT molecular complexity index is 1040. The van der Waals surface area contributed by atoms with Gasteiger partial charge in [0.05, 0.1) is 33.0 Å². The summed E-state index contributed by atoms with van der Waals surface area (Å²) in [6.07, 6.45) is 19.0. The first-order chi connectivity index (χ1) is 23.0. The third kappa shape index (κ3) is 12.6. The molecule has 1 N–H and O–H groups in total. The summed E-state index contributed by atoms with van der Waals surface area (Å²) in [5, 5.41) is 8.92. The van der Waals surface area contributed by atoms with Gasteiger partial charge in [0.2, 0.25) is 11.6 Å². The largest absolute Gasteiger partial charge is 0.490 e. The van der Waals surface area contributed by atoms with Crippen LogP contribution in [0.5, 0.6) is 11.5 Å². The molecule has 4 rings (SSSR count). The minimum Gasteiger partial charge on any atom is -0.490 e. The number of esters is 1. The van der Waals surface area contributed by atoms with Crippen LogP contribution in [-0.4, -0.2) is 57.0 Å². The zero-order chi connectivity index (χ0) is 33.3. The second-order valence-electron chi connectivity index (χ2n) is 13.9. The average Bonchev–Trinajstić information content (AvgIpc) is 3.11. The average molecular weight is 665 g/mol. The Morgan fingerprint density at radius 1 is 0.745 bits per heavy atom. The maximum atomic E-state index is 14.7. The van der Waals surface area contributed by atoms with Crippen LogP contribution in [0.3, 0.4) is 0 Å². The molecule has 2 aliphatic carbocycles. The van der Waals surface area contributed by atoms with Crippen molar-refractivity contribution in [3.05, 3.63) is 36.4 Å². The van der Waals surface area contributed by atoms with E-state index in [2.05, 4.69) is 6.58 Å². The summed E-state index contributed by atoms with van der Waals surface area (Å²) in [6, 6.07) is 2.91. The molecule has 47 heavy (non-hydrogen) atoms. The first-order valence-corrected chi connectivity index (χ1v) is 18.3. The number of aliphatic hydroxyl groups is 1. The van der Waals surface area contributed by atoms with E-state index in [1.54, 1.807) is 0 Å². The molecule has 1 heterocycles. The smallest absolute Gasteiger partial charge is 0.330 e. The van der Waals surface area contributed by atoms with Crippen LogP contribution in [-0.2, 0) is 19.0 Å². The van der Waals surface area contributed by atoms with Gasteiger partial charge < -0.3 is 28.8 Å². The highest BCUT2D eigenvalue weighted by Crippen LogP contribution is 2.43. The molecule has 0 bridgehead atoms. The summed E-state index contributed by atoms with van der Waals surface area (Å²) in [6.45, 7) is 6.29. The standard InChI is InChI=1S/C38H58F2O7/c1-2-35(42)44-24-10-6-5-9-23-43-33-20-21-34(37(40)36(33)39)45-25-28-12-14-30(15-13-28)31-16-18-32(19-17-31)38-46-26-29(27-47-38)11-7-3-4-8-22-41/h2,20-21,28-32,38,41H,1,3-19,22-27H2. The SMILES string of the molecule is C=CC(=O)OCCCCCCOc1ccc(OCC2CCC(C3CCC(C4OCC(CCCCCCO)CO4)CC3)CC2)c(F)c1F. The summed E-state index contributed by atoms with van der Waals surface area (Å²) in [5.41, 5.74) is 0. The van der Waals surface area contributed by atoms with Crippen LogP contribution >= 0.6 is 0 Å². The van der Waals surface area contributed by atoms with Crippen molar-refractivity contribution in [3.8, 4) is 11.5 Å². The number of carbonyl (C=O) groups is 1. The molecule has 1 saturated heterocycles. The normalized spacial score (nSPS) is 26.4. The fourth-order valence-electron chi connectivity index (χ4n) is 7.53. The molecule has 266 valence electrons. The Balaban J connectivity index is 1.06. The third-order valence-corrected chi connectivity index (χ3v) is 10.5. The van der Waals surface area contributed by atoms with Crippen molar-refractivity contribution in [1.82, 2.24) is 0 Å². The molecule has 9 heteroatoms. The molecule has 3 fully saturated rings. The van der Waals surface area contributed by atoms with Gasteiger partial charge in [0.15, 0.2) is 17.8 Å². The molecule has 0 spiro atoms. The summed E-state index contributed by atoms with van der Waals surface area (Å²) in [4.78, 5) is 11.0. The fourth-order valence-corrected chi connectivity index (χ4v) is 7.53. The molecule has 0 radical (unpaired) electrons. The number of unbranched alkanes of at least 4 members (excludes halogenated alkanes) is 6.